The van der Waals surface area contributed by atoms with Crippen molar-refractivity contribution in [1.29, 1.82) is 0 Å². The Morgan fingerprint density at radius 3 is 1.52 bits per heavy atom. The molecule has 0 amide bonds. The molecule has 0 radical (unpaired) electrons. The van der Waals surface area contributed by atoms with E-state index < -0.39 is 35.7 Å². The molecule has 0 heterocycles. The highest BCUT2D eigenvalue weighted by atomic mass is 28.5. The van der Waals surface area contributed by atoms with Gasteiger partial charge in [0, 0.05) is 12.2 Å². The second kappa shape index (κ2) is 9.08. The summed E-state index contributed by atoms with van der Waals surface area (Å²) in [5.74, 6) is 0. The highest BCUT2D eigenvalue weighted by Crippen LogP contribution is 2.16. The van der Waals surface area contributed by atoms with Gasteiger partial charge in [-0.25, -0.2) is 0 Å². The summed E-state index contributed by atoms with van der Waals surface area (Å²) in [6.45, 7) is 20.5. The van der Waals surface area contributed by atoms with Gasteiger partial charge in [0.15, 0.2) is 0 Å². The van der Waals surface area contributed by atoms with E-state index in [4.69, 9.17) is 21.2 Å². The van der Waals surface area contributed by atoms with E-state index >= 15 is 0 Å². The van der Waals surface area contributed by atoms with Crippen LogP contribution in [0.2, 0.25) is 39.3 Å². The Morgan fingerprint density at radius 2 is 1.10 bits per heavy atom. The van der Waals surface area contributed by atoms with Gasteiger partial charge >= 0.3 is 35.7 Å². The van der Waals surface area contributed by atoms with Gasteiger partial charge in [-0.3, -0.25) is 0 Å². The average Bonchev–Trinajstić information content (AvgIpc) is 2.07. The fraction of sp³-hybridized carbons (Fsp3) is 1.00. The minimum absolute atomic E-state index is 0.182. The fourth-order valence-electron chi connectivity index (χ4n) is 2.26. The van der Waals surface area contributed by atoms with E-state index in [1.807, 2.05) is 40.8 Å². The molecule has 0 saturated heterocycles. The Kier molecular flexibility index (Phi) is 9.37. The Hall–Kier alpha value is 0.668. The predicted molar refractivity (Wildman–Crippen MR) is 96.7 cm³/mol. The van der Waals surface area contributed by atoms with Gasteiger partial charge in [-0.05, 0) is 67.0 Å². The maximum atomic E-state index is 6.15. The van der Waals surface area contributed by atoms with Gasteiger partial charge in [0.05, 0.1) is 0 Å². The van der Waals surface area contributed by atoms with Crippen LogP contribution in [0.5, 0.6) is 0 Å². The fourth-order valence-corrected chi connectivity index (χ4v) is 15.5. The van der Waals surface area contributed by atoms with Crippen molar-refractivity contribution in [2.75, 3.05) is 0 Å². The zero-order valence-corrected chi connectivity index (χ0v) is 19.7. The van der Waals surface area contributed by atoms with E-state index in [-0.39, 0.29) is 12.2 Å². The van der Waals surface area contributed by atoms with Crippen molar-refractivity contribution in [3.8, 4) is 0 Å². The first kappa shape index (κ1) is 21.7. The van der Waals surface area contributed by atoms with Crippen LogP contribution >= 0.6 is 0 Å². The van der Waals surface area contributed by atoms with E-state index in [9.17, 15) is 0 Å². The normalized spacial score (nSPS) is 16.6. The minimum atomic E-state index is -2.20. The number of rotatable bonds is 10. The lowest BCUT2D eigenvalue weighted by molar-refractivity contribution is 0.177. The first-order valence-electron chi connectivity index (χ1n) is 7.69. The lowest BCUT2D eigenvalue weighted by Gasteiger charge is -2.33. The number of hydrogen-bond acceptors (Lipinski definition) is 5. The lowest BCUT2D eigenvalue weighted by atomic mass is 10.5. The Morgan fingerprint density at radius 1 is 0.667 bits per heavy atom. The maximum Gasteiger partial charge on any atom is 0.322 e. The molecule has 0 saturated carbocycles. The molecule has 0 aromatic rings. The van der Waals surface area contributed by atoms with Crippen LogP contribution in [0.25, 0.3) is 0 Å². The SMILES string of the molecule is CC(C)O[SiH](C)O[Si](C)(C)O[SiH](C)O[Si](C)(C)OC(C)C. The lowest BCUT2D eigenvalue weighted by Crippen LogP contribution is -2.50. The summed E-state index contributed by atoms with van der Waals surface area (Å²) in [5, 5.41) is 0. The molecule has 0 rings (SSSR count). The maximum absolute atomic E-state index is 6.15. The summed E-state index contributed by atoms with van der Waals surface area (Å²) < 4.78 is 30.0. The zero-order valence-electron chi connectivity index (χ0n) is 15.4. The van der Waals surface area contributed by atoms with Crippen molar-refractivity contribution in [2.24, 2.45) is 0 Å². The topological polar surface area (TPSA) is 46.2 Å². The second-order valence-corrected chi connectivity index (χ2v) is 17.8. The molecule has 0 aliphatic rings. The van der Waals surface area contributed by atoms with Crippen LogP contribution < -0.4 is 0 Å². The molecule has 0 aliphatic carbocycles. The molecule has 21 heavy (non-hydrogen) atoms. The van der Waals surface area contributed by atoms with E-state index in [1.165, 1.54) is 0 Å². The Labute approximate surface area is 136 Å². The molecule has 0 N–H and O–H groups in total. The summed E-state index contributed by atoms with van der Waals surface area (Å²) in [4.78, 5) is 0. The third-order valence-electron chi connectivity index (χ3n) is 2.33. The molecule has 2 unspecified atom stereocenters. The summed E-state index contributed by atoms with van der Waals surface area (Å²) in [6.07, 6.45) is 0.384. The van der Waals surface area contributed by atoms with Crippen LogP contribution in [0.15, 0.2) is 0 Å². The van der Waals surface area contributed by atoms with Crippen molar-refractivity contribution in [3.05, 3.63) is 0 Å². The van der Waals surface area contributed by atoms with E-state index in [1.54, 1.807) is 0 Å². The van der Waals surface area contributed by atoms with Crippen molar-refractivity contribution in [3.63, 3.8) is 0 Å². The third-order valence-corrected chi connectivity index (χ3v) is 15.1. The first-order valence-corrected chi connectivity index (χ1v) is 17.5. The molecule has 0 spiro atoms. The average molecular weight is 371 g/mol. The van der Waals surface area contributed by atoms with E-state index in [0.717, 1.165) is 0 Å². The molecule has 0 aromatic heterocycles. The van der Waals surface area contributed by atoms with Gasteiger partial charge in [-0.2, -0.15) is 0 Å². The molecular weight excluding hydrogens is 336 g/mol. The Bertz CT molecular complexity index is 299. The van der Waals surface area contributed by atoms with Crippen LogP contribution in [0, 0.1) is 0 Å². The van der Waals surface area contributed by atoms with Crippen LogP contribution in [-0.4, -0.2) is 47.9 Å². The second-order valence-electron chi connectivity index (χ2n) is 6.64. The van der Waals surface area contributed by atoms with Crippen LogP contribution in [0.1, 0.15) is 27.7 Å². The summed E-state index contributed by atoms with van der Waals surface area (Å²) in [7, 11) is -7.71. The monoisotopic (exact) mass is 370 g/mol. The van der Waals surface area contributed by atoms with Gasteiger partial charge in [-0.1, -0.05) is 0 Å². The number of hydrogen-bond donors (Lipinski definition) is 0. The molecule has 128 valence electrons. The van der Waals surface area contributed by atoms with Gasteiger partial charge in [0.25, 0.3) is 0 Å². The zero-order chi connectivity index (χ0) is 16.8. The van der Waals surface area contributed by atoms with Crippen molar-refractivity contribution >= 4 is 35.7 Å². The van der Waals surface area contributed by atoms with Gasteiger partial charge in [0.2, 0.25) is 0 Å². The van der Waals surface area contributed by atoms with E-state index in [0.29, 0.717) is 0 Å². The molecule has 0 fully saturated rings. The Balaban J connectivity index is 4.37. The van der Waals surface area contributed by atoms with E-state index in [2.05, 4.69) is 26.2 Å². The van der Waals surface area contributed by atoms with Gasteiger partial charge in [0.1, 0.15) is 0 Å². The molecular formula is C12H34O5Si4. The van der Waals surface area contributed by atoms with Gasteiger partial charge < -0.3 is 21.2 Å². The highest BCUT2D eigenvalue weighted by Gasteiger charge is 2.35. The molecule has 9 heteroatoms. The molecule has 0 bridgehead atoms. The summed E-state index contributed by atoms with van der Waals surface area (Å²) in [5.41, 5.74) is 0. The summed E-state index contributed by atoms with van der Waals surface area (Å²) >= 11 is 0. The molecule has 2 atom stereocenters. The predicted octanol–water partition coefficient (Wildman–Crippen LogP) is 2.99. The minimum Gasteiger partial charge on any atom is -0.418 e. The quantitative estimate of drug-likeness (QED) is 0.553. The first-order chi connectivity index (χ1) is 9.33. The molecule has 5 nitrogen and oxygen atoms in total. The summed E-state index contributed by atoms with van der Waals surface area (Å²) in [6, 6.07) is 0. The third kappa shape index (κ3) is 11.8. The van der Waals surface area contributed by atoms with Crippen LogP contribution in [0.3, 0.4) is 0 Å². The largest absolute Gasteiger partial charge is 0.418 e. The van der Waals surface area contributed by atoms with Gasteiger partial charge in [-0.15, -0.1) is 0 Å². The van der Waals surface area contributed by atoms with Crippen molar-refractivity contribution < 1.29 is 21.2 Å². The molecule has 0 aromatic carbocycles. The van der Waals surface area contributed by atoms with Crippen molar-refractivity contribution in [1.82, 2.24) is 0 Å². The highest BCUT2D eigenvalue weighted by molar-refractivity contribution is 6.79. The van der Waals surface area contributed by atoms with Crippen molar-refractivity contribution in [2.45, 2.75) is 79.2 Å². The smallest absolute Gasteiger partial charge is 0.322 e. The van der Waals surface area contributed by atoms with Crippen LogP contribution in [-0.2, 0) is 21.2 Å². The standard InChI is InChI=1S/C12H34O5Si4/c1-11(2)13-18(5)15-21(9,10)17-19(6)16-20(7,8)14-12(3)4/h11-12,18-19H,1-10H3. The van der Waals surface area contributed by atoms with Crippen LogP contribution in [0.4, 0.5) is 0 Å². The molecule has 0 aliphatic heterocycles.